The second kappa shape index (κ2) is 7.29. The van der Waals surface area contributed by atoms with E-state index >= 15 is 0 Å². The van der Waals surface area contributed by atoms with Crippen LogP contribution in [0.1, 0.15) is 39.7 Å². The van der Waals surface area contributed by atoms with Gasteiger partial charge >= 0.3 is 0 Å². The predicted octanol–water partition coefficient (Wildman–Crippen LogP) is 2.22. The van der Waals surface area contributed by atoms with Gasteiger partial charge < -0.3 is 15.8 Å². The quantitative estimate of drug-likeness (QED) is 0.784. The van der Waals surface area contributed by atoms with Crippen molar-refractivity contribution in [2.45, 2.75) is 45.6 Å². The first-order chi connectivity index (χ1) is 9.29. The Kier molecular flexibility index (Phi) is 6.02. The van der Waals surface area contributed by atoms with Crippen LogP contribution in [0.3, 0.4) is 0 Å². The van der Waals surface area contributed by atoms with E-state index in [1.54, 1.807) is 0 Å². The third-order valence-corrected chi connectivity index (χ3v) is 2.92. The molecule has 1 aromatic carbocycles. The molecule has 1 rings (SSSR count). The van der Waals surface area contributed by atoms with Crippen molar-refractivity contribution in [1.29, 1.82) is 0 Å². The largest absolute Gasteiger partial charge is 0.492 e. The maximum Gasteiger partial charge on any atom is 0.221 e. The normalized spacial score (nSPS) is 12.8. The van der Waals surface area contributed by atoms with Crippen LogP contribution in [0.2, 0.25) is 0 Å². The van der Waals surface area contributed by atoms with E-state index in [1.807, 2.05) is 19.1 Å². The zero-order valence-electron chi connectivity index (χ0n) is 12.9. The summed E-state index contributed by atoms with van der Waals surface area (Å²) in [4.78, 5) is 11.4. The molecular formula is C16H26N2O2. The number of hydrogen-bond donors (Lipinski definition) is 2. The lowest BCUT2D eigenvalue weighted by Crippen LogP contribution is -2.32. The van der Waals surface area contributed by atoms with Gasteiger partial charge in [0.15, 0.2) is 0 Å². The first-order valence-electron chi connectivity index (χ1n) is 7.04. The van der Waals surface area contributed by atoms with Gasteiger partial charge in [-0.1, -0.05) is 32.9 Å². The van der Waals surface area contributed by atoms with Gasteiger partial charge in [-0.3, -0.25) is 4.79 Å². The van der Waals surface area contributed by atoms with Crippen LogP contribution < -0.4 is 15.8 Å². The van der Waals surface area contributed by atoms with Crippen LogP contribution >= 0.6 is 0 Å². The van der Waals surface area contributed by atoms with Crippen LogP contribution in [0, 0.1) is 0 Å². The lowest BCUT2D eigenvalue weighted by molar-refractivity contribution is -0.121. The van der Waals surface area contributed by atoms with E-state index in [0.717, 1.165) is 5.75 Å². The fourth-order valence-corrected chi connectivity index (χ4v) is 1.78. The van der Waals surface area contributed by atoms with Crippen LogP contribution in [0.15, 0.2) is 24.3 Å². The molecule has 0 aliphatic carbocycles. The summed E-state index contributed by atoms with van der Waals surface area (Å²) in [6.07, 6.45) is 0.347. The van der Waals surface area contributed by atoms with Crippen LogP contribution in [-0.2, 0) is 10.2 Å². The standard InChI is InChI=1S/C16H26N2O2/c1-12(17)11-15(19)18-9-10-20-14-7-5-13(6-8-14)16(2,3)4/h5-8,12H,9-11,17H2,1-4H3,(H,18,19). The Labute approximate surface area is 121 Å². The molecule has 0 fully saturated rings. The third kappa shape index (κ3) is 6.06. The first-order valence-corrected chi connectivity index (χ1v) is 7.04. The summed E-state index contributed by atoms with van der Waals surface area (Å²) in [6.45, 7) is 9.30. The van der Waals surface area contributed by atoms with Crippen molar-refractivity contribution in [2.24, 2.45) is 5.73 Å². The molecule has 1 unspecified atom stereocenters. The Morgan fingerprint density at radius 2 is 1.90 bits per heavy atom. The van der Waals surface area contributed by atoms with E-state index in [-0.39, 0.29) is 17.4 Å². The molecule has 0 radical (unpaired) electrons. The van der Waals surface area contributed by atoms with Crippen LogP contribution in [0.4, 0.5) is 0 Å². The van der Waals surface area contributed by atoms with E-state index in [9.17, 15) is 4.79 Å². The van der Waals surface area contributed by atoms with Crippen molar-refractivity contribution < 1.29 is 9.53 Å². The van der Waals surface area contributed by atoms with Gasteiger partial charge in [-0.15, -0.1) is 0 Å². The zero-order chi connectivity index (χ0) is 15.2. The molecule has 4 nitrogen and oxygen atoms in total. The molecule has 112 valence electrons. The van der Waals surface area contributed by atoms with Crippen molar-refractivity contribution >= 4 is 5.91 Å². The predicted molar refractivity (Wildman–Crippen MR) is 81.9 cm³/mol. The van der Waals surface area contributed by atoms with Crippen molar-refractivity contribution in [3.05, 3.63) is 29.8 Å². The highest BCUT2D eigenvalue weighted by atomic mass is 16.5. The molecule has 1 aromatic rings. The van der Waals surface area contributed by atoms with Gasteiger partial charge in [0.25, 0.3) is 0 Å². The smallest absolute Gasteiger partial charge is 0.221 e. The summed E-state index contributed by atoms with van der Waals surface area (Å²) in [6, 6.07) is 7.96. The number of hydrogen-bond acceptors (Lipinski definition) is 3. The molecule has 1 atom stereocenters. The summed E-state index contributed by atoms with van der Waals surface area (Å²) in [7, 11) is 0. The Bertz CT molecular complexity index is 419. The number of nitrogens with two attached hydrogens (primary N) is 1. The first kappa shape index (κ1) is 16.5. The van der Waals surface area contributed by atoms with Gasteiger partial charge in [0, 0.05) is 12.5 Å². The van der Waals surface area contributed by atoms with Gasteiger partial charge in [-0.2, -0.15) is 0 Å². The molecule has 0 heterocycles. The topological polar surface area (TPSA) is 64.4 Å². The summed E-state index contributed by atoms with van der Waals surface area (Å²) in [5.74, 6) is 0.783. The van der Waals surface area contributed by atoms with Gasteiger partial charge in [0.1, 0.15) is 12.4 Å². The highest BCUT2D eigenvalue weighted by Crippen LogP contribution is 2.24. The fraction of sp³-hybridized carbons (Fsp3) is 0.562. The number of ether oxygens (including phenoxy) is 1. The molecule has 0 aliphatic rings. The van der Waals surface area contributed by atoms with E-state index in [1.165, 1.54) is 5.56 Å². The van der Waals surface area contributed by atoms with E-state index in [2.05, 4.69) is 38.2 Å². The van der Waals surface area contributed by atoms with Gasteiger partial charge in [-0.25, -0.2) is 0 Å². The number of nitrogens with one attached hydrogen (secondary N) is 1. The number of benzene rings is 1. The molecule has 0 aromatic heterocycles. The summed E-state index contributed by atoms with van der Waals surface area (Å²) >= 11 is 0. The molecule has 0 saturated heterocycles. The molecule has 1 amide bonds. The number of carbonyl (C=O) groups is 1. The molecule has 0 bridgehead atoms. The summed E-state index contributed by atoms with van der Waals surface area (Å²) in [5.41, 5.74) is 6.96. The Hall–Kier alpha value is -1.55. The minimum Gasteiger partial charge on any atom is -0.492 e. The van der Waals surface area contributed by atoms with E-state index in [4.69, 9.17) is 10.5 Å². The number of amides is 1. The highest BCUT2D eigenvalue weighted by molar-refractivity contribution is 5.76. The lowest BCUT2D eigenvalue weighted by Gasteiger charge is -2.19. The van der Waals surface area contributed by atoms with Gasteiger partial charge in [0.2, 0.25) is 5.91 Å². The van der Waals surface area contributed by atoms with Crippen molar-refractivity contribution in [3.8, 4) is 5.75 Å². The van der Waals surface area contributed by atoms with E-state index < -0.39 is 0 Å². The second-order valence-corrected chi connectivity index (χ2v) is 6.15. The van der Waals surface area contributed by atoms with Crippen molar-refractivity contribution in [1.82, 2.24) is 5.32 Å². The molecule has 3 N–H and O–H groups in total. The Morgan fingerprint density at radius 3 is 2.40 bits per heavy atom. The highest BCUT2D eigenvalue weighted by Gasteiger charge is 2.12. The summed E-state index contributed by atoms with van der Waals surface area (Å²) < 4.78 is 5.58. The monoisotopic (exact) mass is 278 g/mol. The van der Waals surface area contributed by atoms with Crippen LogP contribution in [0.25, 0.3) is 0 Å². The molecule has 0 saturated carbocycles. The average molecular weight is 278 g/mol. The number of carbonyl (C=O) groups excluding carboxylic acids is 1. The zero-order valence-corrected chi connectivity index (χ0v) is 12.9. The second-order valence-electron chi connectivity index (χ2n) is 6.15. The molecule has 0 aliphatic heterocycles. The SMILES string of the molecule is CC(N)CC(=O)NCCOc1ccc(C(C)(C)C)cc1. The number of rotatable bonds is 6. The maximum atomic E-state index is 11.4. The Balaban J connectivity index is 2.31. The van der Waals surface area contributed by atoms with Gasteiger partial charge in [-0.05, 0) is 30.0 Å². The molecule has 4 heteroatoms. The molecule has 20 heavy (non-hydrogen) atoms. The third-order valence-electron chi connectivity index (χ3n) is 2.92. The van der Waals surface area contributed by atoms with Crippen molar-refractivity contribution in [3.63, 3.8) is 0 Å². The summed E-state index contributed by atoms with van der Waals surface area (Å²) in [5, 5.41) is 2.78. The van der Waals surface area contributed by atoms with E-state index in [0.29, 0.717) is 19.6 Å². The molecule has 0 spiro atoms. The minimum atomic E-state index is -0.110. The Morgan fingerprint density at radius 1 is 1.30 bits per heavy atom. The van der Waals surface area contributed by atoms with Crippen LogP contribution in [0.5, 0.6) is 5.75 Å². The van der Waals surface area contributed by atoms with Crippen molar-refractivity contribution in [2.75, 3.05) is 13.2 Å². The maximum absolute atomic E-state index is 11.4. The minimum absolute atomic E-state index is 0.0355. The van der Waals surface area contributed by atoms with Crippen LogP contribution in [-0.4, -0.2) is 25.1 Å². The van der Waals surface area contributed by atoms with Gasteiger partial charge in [0.05, 0.1) is 6.54 Å². The fourth-order valence-electron chi connectivity index (χ4n) is 1.78. The average Bonchev–Trinajstić information content (AvgIpc) is 2.33. The lowest BCUT2D eigenvalue weighted by atomic mass is 9.87. The molecular weight excluding hydrogens is 252 g/mol.